The van der Waals surface area contributed by atoms with Crippen LogP contribution in [0.5, 0.6) is 0 Å². The Morgan fingerprint density at radius 1 is 1.37 bits per heavy atom. The van der Waals surface area contributed by atoms with Crippen LogP contribution in [0.3, 0.4) is 0 Å². The molecule has 3 N–H and O–H groups in total. The number of likely N-dealkylation sites (N-methyl/N-ethyl adjacent to an activating group) is 1. The summed E-state index contributed by atoms with van der Waals surface area (Å²) in [6.07, 6.45) is 2.60. The molecule has 0 unspecified atom stereocenters. The lowest BCUT2D eigenvalue weighted by atomic mass is 9.73. The van der Waals surface area contributed by atoms with E-state index in [0.717, 1.165) is 12.8 Å². The molecule has 1 atom stereocenters. The Kier molecular flexibility index (Phi) is 6.74. The minimum atomic E-state index is -0.927. The van der Waals surface area contributed by atoms with Gasteiger partial charge in [-0.05, 0) is 63.1 Å². The quantitative estimate of drug-likeness (QED) is 0.572. The van der Waals surface area contributed by atoms with E-state index in [-0.39, 0.29) is 12.0 Å². The fourth-order valence-corrected chi connectivity index (χ4v) is 4.55. The van der Waals surface area contributed by atoms with Crippen molar-refractivity contribution in [1.82, 2.24) is 16.1 Å². The van der Waals surface area contributed by atoms with Crippen LogP contribution in [-0.2, 0) is 14.3 Å². The average molecular weight is 483 g/mol. The van der Waals surface area contributed by atoms with E-state index >= 15 is 0 Å². The zero-order valence-corrected chi connectivity index (χ0v) is 18.3. The van der Waals surface area contributed by atoms with E-state index < -0.39 is 29.3 Å². The van der Waals surface area contributed by atoms with Crippen LogP contribution >= 0.6 is 15.9 Å². The van der Waals surface area contributed by atoms with Crippen LogP contribution in [0.15, 0.2) is 27.8 Å². The number of benzene rings is 1. The van der Waals surface area contributed by atoms with Crippen LogP contribution in [0.1, 0.15) is 44.6 Å². The van der Waals surface area contributed by atoms with E-state index in [9.17, 15) is 18.8 Å². The van der Waals surface area contributed by atoms with Crippen LogP contribution in [0, 0.1) is 11.7 Å². The highest BCUT2D eigenvalue weighted by Crippen LogP contribution is 2.41. The summed E-state index contributed by atoms with van der Waals surface area (Å²) in [4.78, 5) is 35.0. The summed E-state index contributed by atoms with van der Waals surface area (Å²) in [5, 5.41) is 9.19. The van der Waals surface area contributed by atoms with Gasteiger partial charge < -0.3 is 15.4 Å². The Morgan fingerprint density at radius 3 is 2.73 bits per heavy atom. The molecule has 8 nitrogen and oxygen atoms in total. The number of amides is 3. The van der Waals surface area contributed by atoms with Crippen molar-refractivity contribution in [3.05, 3.63) is 34.1 Å². The fraction of sp³-hybridized carbons (Fsp3) is 0.500. The maximum atomic E-state index is 13.9. The molecule has 162 valence electrons. The van der Waals surface area contributed by atoms with Crippen LogP contribution in [0.2, 0.25) is 0 Å². The zero-order chi connectivity index (χ0) is 21.9. The molecule has 1 aromatic carbocycles. The second-order valence-electron chi connectivity index (χ2n) is 7.71. The van der Waals surface area contributed by atoms with Crippen LogP contribution in [-0.4, -0.2) is 42.3 Å². The number of halogens is 2. The highest BCUT2D eigenvalue weighted by molar-refractivity contribution is 9.10. The molecule has 1 aliphatic carbocycles. The third kappa shape index (κ3) is 4.80. The number of nitrogens with one attached hydrogen (secondary N) is 3. The molecule has 10 heteroatoms. The van der Waals surface area contributed by atoms with E-state index in [2.05, 4.69) is 37.1 Å². The van der Waals surface area contributed by atoms with Gasteiger partial charge in [0.25, 0.3) is 0 Å². The van der Waals surface area contributed by atoms with Crippen LogP contribution < -0.4 is 16.1 Å². The molecule has 1 saturated carbocycles. The molecule has 1 spiro atoms. The van der Waals surface area contributed by atoms with Gasteiger partial charge in [-0.2, -0.15) is 5.10 Å². The Morgan fingerprint density at radius 2 is 2.07 bits per heavy atom. The van der Waals surface area contributed by atoms with Gasteiger partial charge in [-0.25, -0.2) is 14.6 Å². The molecular formula is C20H24BrFN4O4. The molecule has 1 aliphatic heterocycles. The second-order valence-corrected chi connectivity index (χ2v) is 8.57. The van der Waals surface area contributed by atoms with Crippen LogP contribution in [0.25, 0.3) is 0 Å². The molecule has 0 saturated heterocycles. The molecule has 1 aromatic rings. The smallest absolute Gasteiger partial charge is 0.428 e. The molecule has 0 bridgehead atoms. The van der Waals surface area contributed by atoms with Gasteiger partial charge in [-0.15, -0.1) is 0 Å². The van der Waals surface area contributed by atoms with Gasteiger partial charge in [0.15, 0.2) is 5.60 Å². The number of rotatable bonds is 4. The lowest BCUT2D eigenvalue weighted by molar-refractivity contribution is -0.139. The standard InChI is InChI=1S/C20H24BrFN4O4/c1-11(24-18(28)17(27)23-2)9-12-5-7-20(8-6-12)16(25-26-19(29)30-20)14-10-13(22)3-4-15(14)21/h3-4,10-12H,5-9H2,1-2H3,(H,23,27)(H,24,28)(H,26,29)/t11-,12?,20?/m0/s1. The van der Waals surface area contributed by atoms with Crippen molar-refractivity contribution in [3.8, 4) is 0 Å². The summed E-state index contributed by atoms with van der Waals surface area (Å²) in [7, 11) is 1.41. The predicted octanol–water partition coefficient (Wildman–Crippen LogP) is 2.60. The lowest BCUT2D eigenvalue weighted by Gasteiger charge is -2.42. The molecule has 30 heavy (non-hydrogen) atoms. The Bertz CT molecular complexity index is 884. The van der Waals surface area contributed by atoms with E-state index in [1.54, 1.807) is 6.07 Å². The van der Waals surface area contributed by atoms with Crippen molar-refractivity contribution in [2.24, 2.45) is 11.0 Å². The van der Waals surface area contributed by atoms with Crippen molar-refractivity contribution in [1.29, 1.82) is 0 Å². The monoisotopic (exact) mass is 482 g/mol. The van der Waals surface area contributed by atoms with E-state index in [0.29, 0.717) is 35.0 Å². The Labute approximate surface area is 182 Å². The number of ether oxygens (including phenoxy) is 1. The summed E-state index contributed by atoms with van der Waals surface area (Å²) in [6, 6.07) is 4.14. The first kappa shape index (κ1) is 22.2. The summed E-state index contributed by atoms with van der Waals surface area (Å²) in [5.41, 5.74) is 2.44. The van der Waals surface area contributed by atoms with Gasteiger partial charge in [-0.1, -0.05) is 15.9 Å². The Balaban J connectivity index is 1.70. The molecule has 0 aromatic heterocycles. The lowest BCUT2D eigenvalue weighted by Crippen LogP contribution is -2.52. The molecular weight excluding hydrogens is 459 g/mol. The number of nitrogens with zero attached hydrogens (tertiary/aromatic N) is 1. The van der Waals surface area contributed by atoms with Gasteiger partial charge in [0, 0.05) is 23.1 Å². The van der Waals surface area contributed by atoms with Gasteiger partial charge in [0.1, 0.15) is 11.5 Å². The normalized spacial score (nSPS) is 24.3. The minimum Gasteiger partial charge on any atom is -0.435 e. The van der Waals surface area contributed by atoms with Crippen molar-refractivity contribution in [2.45, 2.75) is 50.7 Å². The van der Waals surface area contributed by atoms with Crippen molar-refractivity contribution in [2.75, 3.05) is 7.05 Å². The number of hydrazone groups is 1. The summed E-state index contributed by atoms with van der Waals surface area (Å²) >= 11 is 3.43. The second kappa shape index (κ2) is 9.11. The van der Waals surface area contributed by atoms with Gasteiger partial charge in [0.2, 0.25) is 0 Å². The topological polar surface area (TPSA) is 109 Å². The molecule has 1 fully saturated rings. The predicted molar refractivity (Wildman–Crippen MR) is 111 cm³/mol. The average Bonchev–Trinajstić information content (AvgIpc) is 2.71. The largest absolute Gasteiger partial charge is 0.435 e. The molecule has 3 rings (SSSR count). The van der Waals surface area contributed by atoms with Gasteiger partial charge >= 0.3 is 17.9 Å². The van der Waals surface area contributed by atoms with Gasteiger partial charge in [-0.3, -0.25) is 9.59 Å². The van der Waals surface area contributed by atoms with Crippen molar-refractivity contribution >= 4 is 39.5 Å². The first-order valence-electron chi connectivity index (χ1n) is 9.79. The highest BCUT2D eigenvalue weighted by Gasteiger charge is 2.47. The van der Waals surface area contributed by atoms with E-state index in [1.807, 2.05) is 6.92 Å². The molecule has 2 aliphatic rings. The molecule has 3 amide bonds. The first-order chi connectivity index (χ1) is 14.2. The summed E-state index contributed by atoms with van der Waals surface area (Å²) < 4.78 is 20.2. The van der Waals surface area contributed by atoms with Crippen molar-refractivity contribution in [3.63, 3.8) is 0 Å². The number of hydrogen-bond donors (Lipinski definition) is 3. The maximum absolute atomic E-state index is 13.9. The zero-order valence-electron chi connectivity index (χ0n) is 16.8. The number of hydrogen-bond acceptors (Lipinski definition) is 5. The van der Waals surface area contributed by atoms with Gasteiger partial charge in [0.05, 0.1) is 0 Å². The number of carbonyl (C=O) groups excluding carboxylic acids is 3. The van der Waals surface area contributed by atoms with Crippen molar-refractivity contribution < 1.29 is 23.5 Å². The highest BCUT2D eigenvalue weighted by atomic mass is 79.9. The fourth-order valence-electron chi connectivity index (χ4n) is 4.12. The first-order valence-corrected chi connectivity index (χ1v) is 10.6. The van der Waals surface area contributed by atoms with Crippen LogP contribution in [0.4, 0.5) is 9.18 Å². The minimum absolute atomic E-state index is 0.171. The Hall–Kier alpha value is -2.49. The molecule has 0 radical (unpaired) electrons. The third-order valence-electron chi connectivity index (χ3n) is 5.57. The van der Waals surface area contributed by atoms with E-state index in [4.69, 9.17) is 4.74 Å². The molecule has 1 heterocycles. The summed E-state index contributed by atoms with van der Waals surface area (Å²) in [5.74, 6) is -1.46. The third-order valence-corrected chi connectivity index (χ3v) is 6.26. The maximum Gasteiger partial charge on any atom is 0.428 e. The van der Waals surface area contributed by atoms with E-state index in [1.165, 1.54) is 19.2 Å². The summed E-state index contributed by atoms with van der Waals surface area (Å²) in [6.45, 7) is 1.85. The number of carbonyl (C=O) groups is 3. The SMILES string of the molecule is CNC(=O)C(=O)N[C@@H](C)CC1CCC2(CC1)OC(=O)NN=C2c1cc(F)ccc1Br.